The molecule has 4 aromatic heterocycles. The number of hydrogen-bond donors (Lipinski definition) is 1. The lowest BCUT2D eigenvalue weighted by Crippen LogP contribution is -2.33. The van der Waals surface area contributed by atoms with Crippen molar-refractivity contribution in [2.45, 2.75) is 26.3 Å². The predicted octanol–water partition coefficient (Wildman–Crippen LogP) is 3.39. The Bertz CT molecular complexity index is 2010. The zero-order chi connectivity index (χ0) is 28.7. The Morgan fingerprint density at radius 2 is 1.85 bits per heavy atom. The number of hydrogen-bond acceptors (Lipinski definition) is 7. The maximum atomic E-state index is 14.2. The highest BCUT2D eigenvalue weighted by Gasteiger charge is 2.25. The third kappa shape index (κ3) is 4.67. The number of benzene rings is 2. The van der Waals surface area contributed by atoms with E-state index in [1.165, 1.54) is 10.8 Å². The molecule has 6 aromatic rings. The second-order valence-corrected chi connectivity index (χ2v) is 9.80. The molecule has 1 atom stereocenters. The summed E-state index contributed by atoms with van der Waals surface area (Å²) in [6.07, 6.45) is 6.51. The van der Waals surface area contributed by atoms with Gasteiger partial charge in [0.25, 0.3) is 11.5 Å². The van der Waals surface area contributed by atoms with Gasteiger partial charge in [0.05, 0.1) is 40.1 Å². The van der Waals surface area contributed by atoms with Gasteiger partial charge in [0.1, 0.15) is 11.4 Å². The number of carbonyl (C=O) groups excluding carboxylic acids is 2. The summed E-state index contributed by atoms with van der Waals surface area (Å²) in [5.74, 6) is -0.188. The van der Waals surface area contributed by atoms with Gasteiger partial charge in [-0.3, -0.25) is 23.6 Å². The monoisotopic (exact) mass is 546 g/mol. The summed E-state index contributed by atoms with van der Waals surface area (Å²) in [7, 11) is 1.74. The van der Waals surface area contributed by atoms with Gasteiger partial charge in [-0.1, -0.05) is 30.3 Å². The van der Waals surface area contributed by atoms with Crippen LogP contribution in [0.15, 0.2) is 84.2 Å². The van der Waals surface area contributed by atoms with E-state index in [0.29, 0.717) is 50.4 Å². The first-order valence-corrected chi connectivity index (χ1v) is 13.0. The minimum atomic E-state index is -0.668. The van der Waals surface area contributed by atoms with Gasteiger partial charge < -0.3 is 5.32 Å². The number of para-hydroxylation sites is 1. The van der Waals surface area contributed by atoms with Gasteiger partial charge in [0, 0.05) is 32.1 Å². The molecule has 41 heavy (non-hydrogen) atoms. The smallest absolute Gasteiger partial charge is 0.266 e. The van der Waals surface area contributed by atoms with E-state index in [1.54, 1.807) is 85.1 Å². The minimum Gasteiger partial charge on any atom is -0.342 e. The van der Waals surface area contributed by atoms with Crippen LogP contribution in [0.1, 0.15) is 50.8 Å². The molecule has 0 spiro atoms. The number of nitrogens with one attached hydrogen (secondary N) is 1. The number of aromatic nitrogens is 7. The molecule has 0 aliphatic carbocycles. The lowest BCUT2D eigenvalue weighted by Gasteiger charge is -2.20. The van der Waals surface area contributed by atoms with Gasteiger partial charge >= 0.3 is 0 Å². The van der Waals surface area contributed by atoms with Crippen molar-refractivity contribution in [3.63, 3.8) is 0 Å². The molecule has 204 valence electrons. The van der Waals surface area contributed by atoms with Crippen LogP contribution >= 0.6 is 0 Å². The van der Waals surface area contributed by atoms with Crippen LogP contribution in [0, 0.1) is 6.92 Å². The van der Waals surface area contributed by atoms with E-state index in [2.05, 4.69) is 20.5 Å². The molecule has 11 nitrogen and oxygen atoms in total. The summed E-state index contributed by atoms with van der Waals surface area (Å²) in [6.45, 7) is 3.52. The minimum absolute atomic E-state index is 0.0153. The summed E-state index contributed by atoms with van der Waals surface area (Å²) in [5, 5.41) is 11.8. The van der Waals surface area contributed by atoms with E-state index in [1.807, 2.05) is 18.2 Å². The standard InChI is InChI=1S/C30H26N8O3/c1-18-25(28-31-13-8-14-37(28)35-18)29(40)33-19(2)27-34-23-12-7-9-20(15-24(39)21-16-32-36(3)17-21)26(23)30(41)38(27)22-10-5-4-6-11-22/h4-14,16-17,19H,15H2,1-3H3,(H,33,40)/t19-/m1/s1. The number of aryl methyl sites for hydroxylation is 2. The molecular formula is C30H26N8O3. The molecule has 0 bridgehead atoms. The molecule has 0 aliphatic rings. The predicted molar refractivity (Wildman–Crippen MR) is 152 cm³/mol. The molecule has 2 aromatic carbocycles. The quantitative estimate of drug-likeness (QED) is 0.304. The summed E-state index contributed by atoms with van der Waals surface area (Å²) in [6, 6.07) is 15.4. The van der Waals surface area contributed by atoms with E-state index in [4.69, 9.17) is 4.98 Å². The number of Topliss-reactive ketones (excluding diaryl/α,β-unsaturated/α-hetero) is 1. The van der Waals surface area contributed by atoms with Crippen molar-refractivity contribution in [1.82, 2.24) is 39.2 Å². The SMILES string of the molecule is Cc1nn2cccnc2c1C(=O)N[C@H](C)c1nc2cccc(CC(=O)c3cnn(C)c3)c2c(=O)n1-c1ccccc1. The molecule has 4 heterocycles. The van der Waals surface area contributed by atoms with Gasteiger partial charge in [-0.2, -0.15) is 10.2 Å². The van der Waals surface area contributed by atoms with Crippen molar-refractivity contribution in [3.8, 4) is 5.69 Å². The fourth-order valence-electron chi connectivity index (χ4n) is 5.02. The lowest BCUT2D eigenvalue weighted by molar-refractivity contribution is 0.0937. The van der Waals surface area contributed by atoms with Crippen molar-refractivity contribution in [2.24, 2.45) is 7.05 Å². The maximum absolute atomic E-state index is 14.2. The molecule has 0 aliphatic heterocycles. The Labute approximate surface area is 234 Å². The molecule has 0 saturated carbocycles. The summed E-state index contributed by atoms with van der Waals surface area (Å²) in [5.41, 5.74) is 3.03. The highest BCUT2D eigenvalue weighted by Crippen LogP contribution is 2.22. The maximum Gasteiger partial charge on any atom is 0.266 e. The van der Waals surface area contributed by atoms with Gasteiger partial charge in [-0.25, -0.2) is 14.5 Å². The van der Waals surface area contributed by atoms with E-state index < -0.39 is 6.04 Å². The zero-order valence-corrected chi connectivity index (χ0v) is 22.6. The van der Waals surface area contributed by atoms with Gasteiger partial charge in [0.15, 0.2) is 11.4 Å². The number of nitrogens with zero attached hydrogens (tertiary/aromatic N) is 7. The second-order valence-electron chi connectivity index (χ2n) is 9.80. The molecule has 11 heteroatoms. The van der Waals surface area contributed by atoms with Crippen LogP contribution < -0.4 is 10.9 Å². The van der Waals surface area contributed by atoms with Crippen molar-refractivity contribution >= 4 is 28.2 Å². The largest absolute Gasteiger partial charge is 0.342 e. The third-order valence-electron chi connectivity index (χ3n) is 6.93. The number of ketones is 1. The average molecular weight is 547 g/mol. The first-order chi connectivity index (χ1) is 19.8. The van der Waals surface area contributed by atoms with Crippen molar-refractivity contribution in [3.05, 3.63) is 118 Å². The summed E-state index contributed by atoms with van der Waals surface area (Å²) < 4.78 is 4.61. The van der Waals surface area contributed by atoms with Crippen molar-refractivity contribution in [1.29, 1.82) is 0 Å². The molecule has 0 unspecified atom stereocenters. The van der Waals surface area contributed by atoms with Gasteiger partial charge in [0.2, 0.25) is 0 Å². The van der Waals surface area contributed by atoms with Crippen LogP contribution in [0.3, 0.4) is 0 Å². The van der Waals surface area contributed by atoms with Crippen LogP contribution in [0.25, 0.3) is 22.2 Å². The third-order valence-corrected chi connectivity index (χ3v) is 6.93. The topological polar surface area (TPSA) is 129 Å². The molecule has 0 radical (unpaired) electrons. The molecule has 1 N–H and O–H groups in total. The van der Waals surface area contributed by atoms with Crippen molar-refractivity contribution in [2.75, 3.05) is 0 Å². The highest BCUT2D eigenvalue weighted by molar-refractivity contribution is 6.01. The molecule has 6 rings (SSSR count). The molecular weight excluding hydrogens is 520 g/mol. The molecule has 0 saturated heterocycles. The highest BCUT2D eigenvalue weighted by atomic mass is 16.2. The van der Waals surface area contributed by atoms with E-state index in [9.17, 15) is 14.4 Å². The summed E-state index contributed by atoms with van der Waals surface area (Å²) in [4.78, 5) is 49.9. The van der Waals surface area contributed by atoms with Crippen LogP contribution in [0.5, 0.6) is 0 Å². The number of amides is 1. The van der Waals surface area contributed by atoms with Crippen LogP contribution in [0.2, 0.25) is 0 Å². The normalized spacial score (nSPS) is 12.1. The van der Waals surface area contributed by atoms with Crippen LogP contribution in [-0.2, 0) is 13.5 Å². The number of carbonyl (C=O) groups is 2. The first-order valence-electron chi connectivity index (χ1n) is 13.0. The van der Waals surface area contributed by atoms with Crippen LogP contribution in [0.4, 0.5) is 0 Å². The molecule has 0 fully saturated rings. The Morgan fingerprint density at radius 1 is 1.05 bits per heavy atom. The van der Waals surface area contributed by atoms with Crippen LogP contribution in [-0.4, -0.2) is 45.6 Å². The van der Waals surface area contributed by atoms with Crippen molar-refractivity contribution < 1.29 is 9.59 Å². The van der Waals surface area contributed by atoms with E-state index in [0.717, 1.165) is 0 Å². The Morgan fingerprint density at radius 3 is 2.61 bits per heavy atom. The van der Waals surface area contributed by atoms with E-state index >= 15 is 0 Å². The van der Waals surface area contributed by atoms with E-state index in [-0.39, 0.29) is 23.7 Å². The van der Waals surface area contributed by atoms with Gasteiger partial charge in [-0.15, -0.1) is 0 Å². The number of fused-ring (bicyclic) bond motifs is 2. The Hall–Kier alpha value is -5.45. The lowest BCUT2D eigenvalue weighted by atomic mass is 10.0. The fraction of sp³-hybridized carbons (Fsp3) is 0.167. The molecule has 1 amide bonds. The zero-order valence-electron chi connectivity index (χ0n) is 22.6. The fourth-order valence-corrected chi connectivity index (χ4v) is 5.02. The Balaban J connectivity index is 1.45. The summed E-state index contributed by atoms with van der Waals surface area (Å²) >= 11 is 0. The number of rotatable bonds is 7. The average Bonchev–Trinajstić information content (AvgIpc) is 3.55. The van der Waals surface area contributed by atoms with Gasteiger partial charge in [-0.05, 0) is 43.7 Å². The first kappa shape index (κ1) is 25.8. The Kier molecular flexibility index (Phi) is 6.46. The second kappa shape index (κ2) is 10.3.